The lowest BCUT2D eigenvalue weighted by Gasteiger charge is -1.95. The molecule has 1 aliphatic rings. The molecule has 3 N–H and O–H groups in total. The minimum atomic E-state index is -1.42. The SMILES string of the molecule is O=C(O)C(=O)C1=C[NH2+]c2ccccc21. The molecule has 0 saturated heterocycles. The Bertz CT molecular complexity index is 448. The zero-order valence-corrected chi connectivity index (χ0v) is 7.23. The number of quaternary nitrogens is 1. The number of hydrogen-bond donors (Lipinski definition) is 2. The zero-order valence-electron chi connectivity index (χ0n) is 7.23. The van der Waals surface area contributed by atoms with Crippen molar-refractivity contribution in [2.75, 3.05) is 0 Å². The van der Waals surface area contributed by atoms with Crippen LogP contribution < -0.4 is 5.32 Å². The molecule has 2 rings (SSSR count). The number of carbonyl (C=O) groups excluding carboxylic acids is 1. The van der Waals surface area contributed by atoms with Crippen molar-refractivity contribution in [2.24, 2.45) is 0 Å². The number of para-hydroxylation sites is 1. The Morgan fingerprint density at radius 2 is 1.93 bits per heavy atom. The number of benzene rings is 1. The second kappa shape index (κ2) is 3.08. The van der Waals surface area contributed by atoms with Crippen LogP contribution in [-0.4, -0.2) is 16.9 Å². The van der Waals surface area contributed by atoms with E-state index in [1.807, 2.05) is 12.1 Å². The molecule has 4 heteroatoms. The number of carboxylic acids is 1. The molecule has 0 radical (unpaired) electrons. The molecule has 0 aliphatic carbocycles. The highest BCUT2D eigenvalue weighted by molar-refractivity contribution is 6.51. The molecule has 0 bridgehead atoms. The predicted octanol–water partition coefficient (Wildman–Crippen LogP) is -0.110. The minimum absolute atomic E-state index is 0.258. The minimum Gasteiger partial charge on any atom is -0.475 e. The summed E-state index contributed by atoms with van der Waals surface area (Å²) in [5.74, 6) is -2.27. The predicted molar refractivity (Wildman–Crippen MR) is 48.6 cm³/mol. The van der Waals surface area contributed by atoms with Gasteiger partial charge in [-0.3, -0.25) is 10.1 Å². The average Bonchev–Trinajstić information content (AvgIpc) is 2.60. The molecule has 0 amide bonds. The van der Waals surface area contributed by atoms with E-state index in [1.54, 1.807) is 23.6 Å². The molecule has 14 heavy (non-hydrogen) atoms. The van der Waals surface area contributed by atoms with E-state index in [9.17, 15) is 9.59 Å². The number of ketones is 1. The molecule has 0 saturated carbocycles. The van der Waals surface area contributed by atoms with Crippen LogP contribution in [0.3, 0.4) is 0 Å². The third-order valence-electron chi connectivity index (χ3n) is 2.12. The van der Waals surface area contributed by atoms with E-state index in [2.05, 4.69) is 0 Å². The molecule has 1 aromatic carbocycles. The standard InChI is InChI=1S/C10H7NO3/c12-9(10(13)14)7-5-11-8-4-2-1-3-6(7)8/h1-5,11H,(H,13,14)/p+1. The van der Waals surface area contributed by atoms with Crippen LogP contribution in [-0.2, 0) is 9.59 Å². The third-order valence-corrected chi connectivity index (χ3v) is 2.12. The quantitative estimate of drug-likeness (QED) is 0.505. The fourth-order valence-electron chi connectivity index (χ4n) is 1.46. The topological polar surface area (TPSA) is 71.0 Å². The van der Waals surface area contributed by atoms with Gasteiger partial charge in [0.05, 0.1) is 11.1 Å². The number of aliphatic carboxylic acids is 1. The van der Waals surface area contributed by atoms with Gasteiger partial charge in [-0.2, -0.15) is 0 Å². The van der Waals surface area contributed by atoms with Gasteiger partial charge < -0.3 is 5.11 Å². The summed E-state index contributed by atoms with van der Waals surface area (Å²) in [5.41, 5.74) is 1.84. The first-order valence-corrected chi connectivity index (χ1v) is 4.12. The van der Waals surface area contributed by atoms with Crippen molar-refractivity contribution in [3.05, 3.63) is 36.0 Å². The monoisotopic (exact) mass is 190 g/mol. The number of fused-ring (bicyclic) bond motifs is 1. The molecule has 0 aromatic heterocycles. The van der Waals surface area contributed by atoms with Crippen LogP contribution in [0.5, 0.6) is 0 Å². The first kappa shape index (κ1) is 8.65. The second-order valence-corrected chi connectivity index (χ2v) is 2.97. The lowest BCUT2D eigenvalue weighted by Crippen LogP contribution is -2.69. The molecule has 0 atom stereocenters. The highest BCUT2D eigenvalue weighted by Gasteiger charge is 2.27. The third kappa shape index (κ3) is 1.22. The summed E-state index contributed by atoms with van der Waals surface area (Å²) in [7, 11) is 0. The summed E-state index contributed by atoms with van der Waals surface area (Å²) in [6.45, 7) is 0. The molecule has 0 spiro atoms. The number of carboxylic acid groups (broad SMARTS) is 1. The van der Waals surface area contributed by atoms with Crippen LogP contribution in [0.15, 0.2) is 30.5 Å². The molecule has 0 unspecified atom stereocenters. The molecule has 1 heterocycles. The van der Waals surface area contributed by atoms with Crippen molar-refractivity contribution in [3.8, 4) is 0 Å². The van der Waals surface area contributed by atoms with Crippen LogP contribution in [0.1, 0.15) is 5.56 Å². The van der Waals surface area contributed by atoms with E-state index < -0.39 is 11.8 Å². The van der Waals surface area contributed by atoms with Crippen LogP contribution >= 0.6 is 0 Å². The molecule has 1 aliphatic heterocycles. The Labute approximate surface area is 79.9 Å². The van der Waals surface area contributed by atoms with Crippen molar-refractivity contribution in [1.82, 2.24) is 0 Å². The number of hydrogen-bond acceptors (Lipinski definition) is 2. The van der Waals surface area contributed by atoms with Crippen LogP contribution in [0.4, 0.5) is 5.69 Å². The maximum absolute atomic E-state index is 11.2. The van der Waals surface area contributed by atoms with Gasteiger partial charge in [-0.1, -0.05) is 12.1 Å². The van der Waals surface area contributed by atoms with Gasteiger partial charge in [0.2, 0.25) is 0 Å². The number of rotatable bonds is 2. The lowest BCUT2D eigenvalue weighted by molar-refractivity contribution is -0.491. The molecule has 70 valence electrons. The summed E-state index contributed by atoms with van der Waals surface area (Å²) in [5, 5.41) is 10.3. The molecule has 0 fully saturated rings. The number of Topliss-reactive ketones (excluding diaryl/α,β-unsaturated/α-hetero) is 1. The Morgan fingerprint density at radius 3 is 2.64 bits per heavy atom. The summed E-state index contributed by atoms with van der Waals surface area (Å²) < 4.78 is 0. The van der Waals surface area contributed by atoms with Gasteiger partial charge in [0.1, 0.15) is 11.9 Å². The fourth-order valence-corrected chi connectivity index (χ4v) is 1.46. The first-order chi connectivity index (χ1) is 6.70. The number of carbonyl (C=O) groups is 2. The van der Waals surface area contributed by atoms with Crippen molar-refractivity contribution in [3.63, 3.8) is 0 Å². The Kier molecular flexibility index (Phi) is 1.90. The first-order valence-electron chi connectivity index (χ1n) is 4.12. The van der Waals surface area contributed by atoms with Gasteiger partial charge in [0.15, 0.2) is 0 Å². The van der Waals surface area contributed by atoms with Crippen LogP contribution in [0.2, 0.25) is 0 Å². The van der Waals surface area contributed by atoms with Gasteiger partial charge in [-0.15, -0.1) is 0 Å². The van der Waals surface area contributed by atoms with E-state index in [4.69, 9.17) is 5.11 Å². The molecule has 4 nitrogen and oxygen atoms in total. The normalized spacial score (nSPS) is 13.3. The largest absolute Gasteiger partial charge is 0.475 e. The molecular formula is C10H8NO3+. The van der Waals surface area contributed by atoms with Crippen molar-refractivity contribution >= 4 is 23.0 Å². The van der Waals surface area contributed by atoms with Gasteiger partial charge in [-0.25, -0.2) is 4.79 Å². The summed E-state index contributed by atoms with van der Waals surface area (Å²) >= 11 is 0. The van der Waals surface area contributed by atoms with E-state index >= 15 is 0 Å². The van der Waals surface area contributed by atoms with Gasteiger partial charge in [-0.05, 0) is 6.07 Å². The van der Waals surface area contributed by atoms with Crippen molar-refractivity contribution in [2.45, 2.75) is 0 Å². The van der Waals surface area contributed by atoms with Crippen LogP contribution in [0.25, 0.3) is 5.57 Å². The van der Waals surface area contributed by atoms with Crippen molar-refractivity contribution in [1.29, 1.82) is 0 Å². The molecular weight excluding hydrogens is 182 g/mol. The lowest BCUT2D eigenvalue weighted by atomic mass is 10.0. The van der Waals surface area contributed by atoms with E-state index in [-0.39, 0.29) is 5.57 Å². The fraction of sp³-hybridized carbons (Fsp3) is 0. The summed E-state index contributed by atoms with van der Waals surface area (Å²) in [4.78, 5) is 21.7. The Balaban J connectivity index is 2.43. The van der Waals surface area contributed by atoms with E-state index in [0.717, 1.165) is 5.69 Å². The van der Waals surface area contributed by atoms with Gasteiger partial charge >= 0.3 is 5.97 Å². The Hall–Kier alpha value is -1.94. The highest BCUT2D eigenvalue weighted by atomic mass is 16.4. The van der Waals surface area contributed by atoms with Gasteiger partial charge in [0, 0.05) is 6.07 Å². The smallest absolute Gasteiger partial charge is 0.377 e. The summed E-state index contributed by atoms with van der Waals surface area (Å²) in [6, 6.07) is 7.21. The van der Waals surface area contributed by atoms with E-state index in [0.29, 0.717) is 5.56 Å². The maximum Gasteiger partial charge on any atom is 0.377 e. The molecule has 1 aromatic rings. The zero-order chi connectivity index (χ0) is 10.1. The highest BCUT2D eigenvalue weighted by Crippen LogP contribution is 2.23. The maximum atomic E-state index is 11.2. The van der Waals surface area contributed by atoms with Gasteiger partial charge in [0.25, 0.3) is 5.78 Å². The summed E-state index contributed by atoms with van der Waals surface area (Å²) in [6.07, 6.45) is 1.54. The van der Waals surface area contributed by atoms with Crippen LogP contribution in [0, 0.1) is 0 Å². The number of nitrogens with two attached hydrogens (primary N) is 1. The average molecular weight is 190 g/mol. The second-order valence-electron chi connectivity index (χ2n) is 2.97. The van der Waals surface area contributed by atoms with Crippen molar-refractivity contribution < 1.29 is 20.0 Å². The van der Waals surface area contributed by atoms with E-state index in [1.165, 1.54) is 0 Å². The Morgan fingerprint density at radius 1 is 1.21 bits per heavy atom.